The number of nitrogens with zero attached hydrogens (tertiary/aromatic N) is 1. The highest BCUT2D eigenvalue weighted by molar-refractivity contribution is 5.75. The Labute approximate surface area is 92.3 Å². The van der Waals surface area contributed by atoms with Crippen molar-refractivity contribution in [3.8, 4) is 0 Å². The number of anilines is 2. The molecule has 2 rings (SSSR count). The predicted octanol–water partition coefficient (Wildman–Crippen LogP) is 2.88. The van der Waals surface area contributed by atoms with Crippen LogP contribution in [-0.2, 0) is 0 Å². The van der Waals surface area contributed by atoms with Gasteiger partial charge in [0.2, 0.25) is 0 Å². The fraction of sp³-hybridized carbons (Fsp3) is 0.538. The topological polar surface area (TPSA) is 15.3 Å². The van der Waals surface area contributed by atoms with Crippen molar-refractivity contribution in [2.75, 3.05) is 23.8 Å². The van der Waals surface area contributed by atoms with Gasteiger partial charge in [0.25, 0.3) is 0 Å². The molecule has 1 N–H and O–H groups in total. The number of aryl methyl sites for hydroxylation is 1. The molecule has 1 aliphatic heterocycles. The molecule has 1 atom stereocenters. The molecule has 0 radical (unpaired) electrons. The average molecular weight is 204 g/mol. The molecule has 1 aromatic rings. The molecule has 1 unspecified atom stereocenters. The third kappa shape index (κ3) is 1.81. The molecule has 1 heterocycles. The summed E-state index contributed by atoms with van der Waals surface area (Å²) >= 11 is 0. The Morgan fingerprint density at radius 2 is 2.13 bits per heavy atom. The van der Waals surface area contributed by atoms with E-state index in [0.29, 0.717) is 12.0 Å². The second-order valence-corrected chi connectivity index (χ2v) is 4.85. The first-order valence-electron chi connectivity index (χ1n) is 5.67. The van der Waals surface area contributed by atoms with Gasteiger partial charge >= 0.3 is 0 Å². The van der Waals surface area contributed by atoms with Crippen molar-refractivity contribution in [3.05, 3.63) is 23.8 Å². The molecule has 0 aromatic heterocycles. The van der Waals surface area contributed by atoms with Gasteiger partial charge in [-0.15, -0.1) is 0 Å². The van der Waals surface area contributed by atoms with E-state index < -0.39 is 0 Å². The summed E-state index contributed by atoms with van der Waals surface area (Å²) in [6.45, 7) is 7.81. The number of hydrogen-bond acceptors (Lipinski definition) is 2. The van der Waals surface area contributed by atoms with E-state index in [1.165, 1.54) is 16.9 Å². The summed E-state index contributed by atoms with van der Waals surface area (Å²) < 4.78 is 0. The Hall–Kier alpha value is -1.18. The van der Waals surface area contributed by atoms with Crippen LogP contribution in [0.4, 0.5) is 11.4 Å². The molecule has 1 aromatic carbocycles. The van der Waals surface area contributed by atoms with Crippen LogP contribution < -0.4 is 10.2 Å². The standard InChI is InChI=1S/C13H20N2/c1-9(2)12-8-15(4)13-10(3)6-5-7-11(13)14-12/h5-7,9,12,14H,8H2,1-4H3. The Bertz CT molecular complexity index is 358. The van der Waals surface area contributed by atoms with Crippen molar-refractivity contribution < 1.29 is 0 Å². The van der Waals surface area contributed by atoms with Crippen molar-refractivity contribution in [2.45, 2.75) is 26.8 Å². The second kappa shape index (κ2) is 3.76. The fourth-order valence-electron chi connectivity index (χ4n) is 2.29. The highest BCUT2D eigenvalue weighted by Gasteiger charge is 2.24. The molecule has 0 fully saturated rings. The summed E-state index contributed by atoms with van der Waals surface area (Å²) in [5, 5.41) is 3.63. The van der Waals surface area contributed by atoms with Crippen LogP contribution >= 0.6 is 0 Å². The van der Waals surface area contributed by atoms with E-state index in [1.54, 1.807) is 0 Å². The van der Waals surface area contributed by atoms with Crippen LogP contribution in [0.15, 0.2) is 18.2 Å². The Morgan fingerprint density at radius 3 is 2.80 bits per heavy atom. The summed E-state index contributed by atoms with van der Waals surface area (Å²) in [5.41, 5.74) is 3.99. The first-order chi connectivity index (χ1) is 7.09. The molecule has 0 saturated carbocycles. The third-order valence-electron chi connectivity index (χ3n) is 3.24. The summed E-state index contributed by atoms with van der Waals surface area (Å²) in [5.74, 6) is 0.668. The Kier molecular flexibility index (Phi) is 2.59. The lowest BCUT2D eigenvalue weighted by atomic mass is 9.99. The molecule has 1 aliphatic rings. The molecular formula is C13H20N2. The van der Waals surface area contributed by atoms with Gasteiger partial charge < -0.3 is 10.2 Å². The molecule has 2 nitrogen and oxygen atoms in total. The maximum absolute atomic E-state index is 3.63. The summed E-state index contributed by atoms with van der Waals surface area (Å²) in [7, 11) is 2.18. The predicted molar refractivity (Wildman–Crippen MR) is 66.7 cm³/mol. The average Bonchev–Trinajstić information content (AvgIpc) is 2.17. The SMILES string of the molecule is Cc1cccc2c1N(C)CC(C(C)C)N2. The lowest BCUT2D eigenvalue weighted by molar-refractivity contribution is 0.514. The van der Waals surface area contributed by atoms with Crippen LogP contribution in [0.25, 0.3) is 0 Å². The minimum absolute atomic E-state index is 0.560. The van der Waals surface area contributed by atoms with E-state index >= 15 is 0 Å². The number of para-hydroxylation sites is 1. The Morgan fingerprint density at radius 1 is 1.40 bits per heavy atom. The van der Waals surface area contributed by atoms with E-state index in [2.05, 4.69) is 56.2 Å². The van der Waals surface area contributed by atoms with Gasteiger partial charge in [0.15, 0.2) is 0 Å². The van der Waals surface area contributed by atoms with Crippen LogP contribution in [0, 0.1) is 12.8 Å². The molecule has 15 heavy (non-hydrogen) atoms. The summed E-state index contributed by atoms with van der Waals surface area (Å²) in [6.07, 6.45) is 0. The second-order valence-electron chi connectivity index (χ2n) is 4.85. The quantitative estimate of drug-likeness (QED) is 0.756. The summed E-state index contributed by atoms with van der Waals surface area (Å²) in [4.78, 5) is 2.37. The van der Waals surface area contributed by atoms with Crippen molar-refractivity contribution in [2.24, 2.45) is 5.92 Å². The smallest absolute Gasteiger partial charge is 0.0629 e. The van der Waals surface area contributed by atoms with Gasteiger partial charge in [-0.3, -0.25) is 0 Å². The Balaban J connectivity index is 2.36. The molecular weight excluding hydrogens is 184 g/mol. The maximum atomic E-state index is 3.63. The van der Waals surface area contributed by atoms with Gasteiger partial charge in [0.1, 0.15) is 0 Å². The van der Waals surface area contributed by atoms with Gasteiger partial charge in [0, 0.05) is 19.6 Å². The zero-order chi connectivity index (χ0) is 11.0. The maximum Gasteiger partial charge on any atom is 0.0629 e. The number of fused-ring (bicyclic) bond motifs is 1. The molecule has 0 spiro atoms. The number of benzene rings is 1. The van der Waals surface area contributed by atoms with Crippen molar-refractivity contribution in [1.29, 1.82) is 0 Å². The van der Waals surface area contributed by atoms with E-state index in [0.717, 1.165) is 6.54 Å². The molecule has 0 amide bonds. The van der Waals surface area contributed by atoms with Crippen molar-refractivity contribution >= 4 is 11.4 Å². The minimum Gasteiger partial charge on any atom is -0.379 e. The van der Waals surface area contributed by atoms with Crippen LogP contribution in [0.5, 0.6) is 0 Å². The van der Waals surface area contributed by atoms with Gasteiger partial charge in [-0.1, -0.05) is 26.0 Å². The summed E-state index contributed by atoms with van der Waals surface area (Å²) in [6, 6.07) is 7.03. The zero-order valence-corrected chi connectivity index (χ0v) is 10.0. The molecule has 0 bridgehead atoms. The van der Waals surface area contributed by atoms with Gasteiger partial charge in [0.05, 0.1) is 11.4 Å². The van der Waals surface area contributed by atoms with Crippen LogP contribution in [0.3, 0.4) is 0 Å². The van der Waals surface area contributed by atoms with E-state index in [4.69, 9.17) is 0 Å². The molecule has 2 heteroatoms. The van der Waals surface area contributed by atoms with Crippen LogP contribution in [0.1, 0.15) is 19.4 Å². The van der Waals surface area contributed by atoms with Crippen molar-refractivity contribution in [3.63, 3.8) is 0 Å². The van der Waals surface area contributed by atoms with Crippen LogP contribution in [0.2, 0.25) is 0 Å². The minimum atomic E-state index is 0.560. The number of hydrogen-bond donors (Lipinski definition) is 1. The first-order valence-corrected chi connectivity index (χ1v) is 5.67. The van der Waals surface area contributed by atoms with E-state index in [-0.39, 0.29) is 0 Å². The van der Waals surface area contributed by atoms with Gasteiger partial charge in [-0.25, -0.2) is 0 Å². The van der Waals surface area contributed by atoms with E-state index in [9.17, 15) is 0 Å². The third-order valence-corrected chi connectivity index (χ3v) is 3.24. The number of nitrogens with one attached hydrogen (secondary N) is 1. The number of rotatable bonds is 1. The molecule has 0 aliphatic carbocycles. The van der Waals surface area contributed by atoms with Gasteiger partial charge in [-0.2, -0.15) is 0 Å². The monoisotopic (exact) mass is 204 g/mol. The first kappa shape index (κ1) is 10.3. The van der Waals surface area contributed by atoms with Gasteiger partial charge in [-0.05, 0) is 24.5 Å². The highest BCUT2D eigenvalue weighted by Crippen LogP contribution is 2.34. The fourth-order valence-corrected chi connectivity index (χ4v) is 2.29. The van der Waals surface area contributed by atoms with Crippen LogP contribution in [-0.4, -0.2) is 19.6 Å². The number of likely N-dealkylation sites (N-methyl/N-ethyl adjacent to an activating group) is 1. The van der Waals surface area contributed by atoms with Crippen molar-refractivity contribution in [1.82, 2.24) is 0 Å². The molecule has 0 saturated heterocycles. The lowest BCUT2D eigenvalue weighted by Gasteiger charge is -2.37. The largest absolute Gasteiger partial charge is 0.379 e. The zero-order valence-electron chi connectivity index (χ0n) is 10.0. The van der Waals surface area contributed by atoms with E-state index in [1.807, 2.05) is 0 Å². The molecule has 82 valence electrons. The highest BCUT2D eigenvalue weighted by atomic mass is 15.2. The normalized spacial score (nSPS) is 20.1. The lowest BCUT2D eigenvalue weighted by Crippen LogP contribution is -2.42.